The van der Waals surface area contributed by atoms with Crippen LogP contribution in [0.5, 0.6) is 5.88 Å². The number of ether oxygens (including phenoxy) is 1. The van der Waals surface area contributed by atoms with Gasteiger partial charge in [0.2, 0.25) is 5.88 Å². The molecule has 0 radical (unpaired) electrons. The maximum atomic E-state index is 5.51. The van der Waals surface area contributed by atoms with E-state index in [1.807, 2.05) is 23.6 Å². The molecule has 0 spiro atoms. The zero-order valence-electron chi connectivity index (χ0n) is 10.8. The highest BCUT2D eigenvalue weighted by atomic mass is 32.1. The standard InChI is InChI=1S/C13H13N5OS/c1-19-11-3-2-8(7-15-11)6-10-16-12(18-14)9-4-5-20-13(9)17-10/h2-5,7H,6,14H2,1H3,(H,16,17,18). The second-order valence-corrected chi connectivity index (χ2v) is 5.05. The molecule has 0 aromatic carbocycles. The van der Waals surface area contributed by atoms with E-state index < -0.39 is 0 Å². The fourth-order valence-corrected chi connectivity index (χ4v) is 2.69. The van der Waals surface area contributed by atoms with Crippen LogP contribution in [0.4, 0.5) is 5.82 Å². The first kappa shape index (κ1) is 12.8. The van der Waals surface area contributed by atoms with Crippen LogP contribution in [0.2, 0.25) is 0 Å². The summed E-state index contributed by atoms with van der Waals surface area (Å²) in [7, 11) is 1.59. The van der Waals surface area contributed by atoms with Crippen molar-refractivity contribution in [1.29, 1.82) is 0 Å². The lowest BCUT2D eigenvalue weighted by Gasteiger charge is -2.05. The zero-order chi connectivity index (χ0) is 13.9. The number of hydrogen-bond acceptors (Lipinski definition) is 7. The molecular weight excluding hydrogens is 274 g/mol. The molecule has 20 heavy (non-hydrogen) atoms. The van der Waals surface area contributed by atoms with Crippen LogP contribution in [-0.2, 0) is 6.42 Å². The summed E-state index contributed by atoms with van der Waals surface area (Å²) in [5, 5.41) is 2.91. The van der Waals surface area contributed by atoms with Crippen LogP contribution in [-0.4, -0.2) is 22.1 Å². The minimum absolute atomic E-state index is 0.590. The highest BCUT2D eigenvalue weighted by Crippen LogP contribution is 2.25. The Morgan fingerprint density at radius 1 is 1.30 bits per heavy atom. The molecule has 3 rings (SSSR count). The zero-order valence-corrected chi connectivity index (χ0v) is 11.6. The van der Waals surface area contributed by atoms with E-state index in [-0.39, 0.29) is 0 Å². The van der Waals surface area contributed by atoms with Gasteiger partial charge in [-0.3, -0.25) is 0 Å². The second kappa shape index (κ2) is 5.40. The topological polar surface area (TPSA) is 86.0 Å². The number of nitrogens with two attached hydrogens (primary N) is 1. The number of nitrogens with one attached hydrogen (secondary N) is 1. The van der Waals surface area contributed by atoms with Crippen LogP contribution >= 0.6 is 11.3 Å². The van der Waals surface area contributed by atoms with E-state index >= 15 is 0 Å². The first-order chi connectivity index (χ1) is 9.80. The third-order valence-electron chi connectivity index (χ3n) is 2.88. The van der Waals surface area contributed by atoms with Crippen molar-refractivity contribution >= 4 is 27.4 Å². The summed E-state index contributed by atoms with van der Waals surface area (Å²) in [4.78, 5) is 14.1. The van der Waals surface area contributed by atoms with Crippen molar-refractivity contribution in [2.75, 3.05) is 12.5 Å². The molecule has 7 heteroatoms. The summed E-state index contributed by atoms with van der Waals surface area (Å²) in [6.45, 7) is 0. The van der Waals surface area contributed by atoms with Crippen molar-refractivity contribution in [3.05, 3.63) is 41.2 Å². The Labute approximate surface area is 119 Å². The number of nitrogen functional groups attached to an aromatic ring is 1. The van der Waals surface area contributed by atoms with Crippen LogP contribution < -0.4 is 16.0 Å². The molecule has 102 valence electrons. The fraction of sp³-hybridized carbons (Fsp3) is 0.154. The minimum Gasteiger partial charge on any atom is -0.481 e. The van der Waals surface area contributed by atoms with Crippen molar-refractivity contribution in [2.45, 2.75) is 6.42 Å². The number of methoxy groups -OCH3 is 1. The largest absolute Gasteiger partial charge is 0.481 e. The molecule has 0 atom stereocenters. The van der Waals surface area contributed by atoms with Gasteiger partial charge in [0.1, 0.15) is 10.7 Å². The van der Waals surface area contributed by atoms with E-state index in [0.29, 0.717) is 23.9 Å². The Morgan fingerprint density at radius 2 is 2.20 bits per heavy atom. The number of nitrogens with zero attached hydrogens (tertiary/aromatic N) is 3. The lowest BCUT2D eigenvalue weighted by molar-refractivity contribution is 0.397. The third-order valence-corrected chi connectivity index (χ3v) is 3.68. The summed E-state index contributed by atoms with van der Waals surface area (Å²) >= 11 is 1.57. The molecule has 6 nitrogen and oxygen atoms in total. The fourth-order valence-electron chi connectivity index (χ4n) is 1.91. The van der Waals surface area contributed by atoms with E-state index in [0.717, 1.165) is 15.8 Å². The van der Waals surface area contributed by atoms with Crippen molar-refractivity contribution in [2.24, 2.45) is 5.84 Å². The molecule has 0 saturated carbocycles. The summed E-state index contributed by atoms with van der Waals surface area (Å²) < 4.78 is 5.04. The van der Waals surface area contributed by atoms with Gasteiger partial charge in [0.25, 0.3) is 0 Å². The highest BCUT2D eigenvalue weighted by Gasteiger charge is 2.09. The first-order valence-electron chi connectivity index (χ1n) is 6.00. The van der Waals surface area contributed by atoms with E-state index in [2.05, 4.69) is 20.4 Å². The number of thiophene rings is 1. The molecule has 0 unspecified atom stereocenters. The maximum absolute atomic E-state index is 5.51. The molecule has 0 bridgehead atoms. The summed E-state index contributed by atoms with van der Waals surface area (Å²) in [5.74, 6) is 7.46. The summed E-state index contributed by atoms with van der Waals surface area (Å²) in [6, 6.07) is 5.72. The van der Waals surface area contributed by atoms with Crippen molar-refractivity contribution in [1.82, 2.24) is 15.0 Å². The average molecular weight is 287 g/mol. The van der Waals surface area contributed by atoms with E-state index in [1.54, 1.807) is 24.6 Å². The normalized spacial score (nSPS) is 10.7. The van der Waals surface area contributed by atoms with E-state index in [9.17, 15) is 0 Å². The quantitative estimate of drug-likeness (QED) is 0.563. The Hall–Kier alpha value is -2.25. The van der Waals surface area contributed by atoms with Crippen molar-refractivity contribution in [3.63, 3.8) is 0 Å². The van der Waals surface area contributed by atoms with Crippen molar-refractivity contribution < 1.29 is 4.74 Å². The molecule has 0 aliphatic heterocycles. The number of fused-ring (bicyclic) bond motifs is 1. The van der Waals surface area contributed by atoms with Crippen LogP contribution in [0, 0.1) is 0 Å². The molecule has 3 heterocycles. The van der Waals surface area contributed by atoms with Gasteiger partial charge in [0, 0.05) is 18.7 Å². The minimum atomic E-state index is 0.590. The summed E-state index contributed by atoms with van der Waals surface area (Å²) in [5.41, 5.74) is 3.64. The maximum Gasteiger partial charge on any atom is 0.212 e. The predicted octanol–water partition coefficient (Wildman–Crippen LogP) is 1.97. The Bertz CT molecular complexity index is 725. The first-order valence-corrected chi connectivity index (χ1v) is 6.88. The lowest BCUT2D eigenvalue weighted by atomic mass is 10.2. The lowest BCUT2D eigenvalue weighted by Crippen LogP contribution is -2.11. The number of aromatic nitrogens is 3. The monoisotopic (exact) mass is 287 g/mol. The SMILES string of the molecule is COc1ccc(Cc2nc(NN)c3ccsc3n2)cn1. The van der Waals surface area contributed by atoms with E-state index in [1.165, 1.54) is 0 Å². The molecule has 0 saturated heterocycles. The molecular formula is C13H13N5OS. The number of hydrazine groups is 1. The van der Waals surface area contributed by atoms with Gasteiger partial charge in [-0.15, -0.1) is 11.3 Å². The predicted molar refractivity (Wildman–Crippen MR) is 78.8 cm³/mol. The Kier molecular flexibility index (Phi) is 3.44. The van der Waals surface area contributed by atoms with Gasteiger partial charge >= 0.3 is 0 Å². The molecule has 0 fully saturated rings. The van der Waals surface area contributed by atoms with Crippen LogP contribution in [0.15, 0.2) is 29.8 Å². The van der Waals surface area contributed by atoms with Gasteiger partial charge in [-0.2, -0.15) is 0 Å². The van der Waals surface area contributed by atoms with E-state index in [4.69, 9.17) is 10.6 Å². The molecule has 0 aliphatic carbocycles. The summed E-state index contributed by atoms with van der Waals surface area (Å²) in [6.07, 6.45) is 2.36. The molecule has 0 aliphatic rings. The molecule has 3 aromatic heterocycles. The van der Waals surface area contributed by atoms with Gasteiger partial charge in [0.15, 0.2) is 5.82 Å². The average Bonchev–Trinajstić information content (AvgIpc) is 2.95. The van der Waals surface area contributed by atoms with Crippen LogP contribution in [0.3, 0.4) is 0 Å². The smallest absolute Gasteiger partial charge is 0.212 e. The second-order valence-electron chi connectivity index (χ2n) is 4.16. The van der Waals surface area contributed by atoms with Gasteiger partial charge in [0.05, 0.1) is 12.5 Å². The third kappa shape index (κ3) is 2.40. The number of anilines is 1. The number of hydrogen-bond donors (Lipinski definition) is 2. The molecule has 3 N–H and O–H groups in total. The molecule has 3 aromatic rings. The Balaban J connectivity index is 1.93. The van der Waals surface area contributed by atoms with Gasteiger partial charge < -0.3 is 10.2 Å². The highest BCUT2D eigenvalue weighted by molar-refractivity contribution is 7.16. The van der Waals surface area contributed by atoms with Gasteiger partial charge in [-0.1, -0.05) is 6.07 Å². The Morgan fingerprint density at radius 3 is 2.90 bits per heavy atom. The number of pyridine rings is 1. The number of rotatable bonds is 4. The van der Waals surface area contributed by atoms with Crippen molar-refractivity contribution in [3.8, 4) is 5.88 Å². The molecule has 0 amide bonds. The van der Waals surface area contributed by atoms with Crippen LogP contribution in [0.1, 0.15) is 11.4 Å². The van der Waals surface area contributed by atoms with Gasteiger partial charge in [-0.05, 0) is 17.0 Å². The van der Waals surface area contributed by atoms with Gasteiger partial charge in [-0.25, -0.2) is 20.8 Å². The van der Waals surface area contributed by atoms with Crippen LogP contribution in [0.25, 0.3) is 10.2 Å².